The molecule has 3 heteroatoms. The summed E-state index contributed by atoms with van der Waals surface area (Å²) >= 11 is 0. The van der Waals surface area contributed by atoms with Gasteiger partial charge in [0.1, 0.15) is 0 Å². The van der Waals surface area contributed by atoms with Gasteiger partial charge in [0.15, 0.2) is 0 Å². The molecule has 3 unspecified atom stereocenters. The summed E-state index contributed by atoms with van der Waals surface area (Å²) in [6.07, 6.45) is 3.93. The second-order valence-corrected chi connectivity index (χ2v) is 6.93. The molecule has 0 aromatic heterocycles. The van der Waals surface area contributed by atoms with Gasteiger partial charge in [0.05, 0.1) is 6.04 Å². The summed E-state index contributed by atoms with van der Waals surface area (Å²) in [5.41, 5.74) is 5.95. The van der Waals surface area contributed by atoms with Crippen molar-refractivity contribution in [3.8, 4) is 0 Å². The molecule has 1 saturated heterocycles. The molecule has 17 heavy (non-hydrogen) atoms. The zero-order chi connectivity index (χ0) is 12.8. The van der Waals surface area contributed by atoms with E-state index in [-0.39, 0.29) is 17.4 Å². The van der Waals surface area contributed by atoms with Crippen molar-refractivity contribution in [2.24, 2.45) is 23.0 Å². The molecule has 0 bridgehead atoms. The highest BCUT2D eigenvalue weighted by Crippen LogP contribution is 2.42. The van der Waals surface area contributed by atoms with Gasteiger partial charge in [-0.15, -0.1) is 0 Å². The second-order valence-electron chi connectivity index (χ2n) is 6.93. The molecule has 2 fully saturated rings. The van der Waals surface area contributed by atoms with Crippen LogP contribution in [0.1, 0.15) is 47.0 Å². The van der Waals surface area contributed by atoms with E-state index in [4.69, 9.17) is 5.73 Å². The maximum absolute atomic E-state index is 12.4. The number of nitrogens with two attached hydrogens (primary N) is 1. The third-order valence-electron chi connectivity index (χ3n) is 4.74. The van der Waals surface area contributed by atoms with Crippen molar-refractivity contribution in [2.45, 2.75) is 59.0 Å². The van der Waals surface area contributed by atoms with Crippen molar-refractivity contribution in [3.63, 3.8) is 0 Å². The van der Waals surface area contributed by atoms with E-state index < -0.39 is 0 Å². The van der Waals surface area contributed by atoms with Gasteiger partial charge in [0.2, 0.25) is 5.91 Å². The van der Waals surface area contributed by atoms with E-state index in [0.717, 1.165) is 18.4 Å². The molecule has 1 aliphatic carbocycles. The number of carbonyl (C=O) groups excluding carboxylic acids is 1. The second kappa shape index (κ2) is 4.27. The highest BCUT2D eigenvalue weighted by atomic mass is 16.2. The number of nitrogens with zero attached hydrogens (tertiary/aromatic N) is 1. The van der Waals surface area contributed by atoms with Crippen LogP contribution in [-0.4, -0.2) is 29.4 Å². The Labute approximate surface area is 105 Å². The molecule has 2 N–H and O–H groups in total. The molecule has 3 nitrogen and oxygen atoms in total. The Hall–Kier alpha value is -0.570. The van der Waals surface area contributed by atoms with Crippen LogP contribution in [0.25, 0.3) is 0 Å². The van der Waals surface area contributed by atoms with Gasteiger partial charge in [0.25, 0.3) is 0 Å². The van der Waals surface area contributed by atoms with Crippen LogP contribution in [0.15, 0.2) is 0 Å². The van der Waals surface area contributed by atoms with Crippen molar-refractivity contribution in [3.05, 3.63) is 0 Å². The molecule has 0 aromatic carbocycles. The van der Waals surface area contributed by atoms with Crippen molar-refractivity contribution >= 4 is 5.91 Å². The zero-order valence-electron chi connectivity index (χ0n) is 11.6. The number of hydrogen-bond acceptors (Lipinski definition) is 2. The number of hydrogen-bond donors (Lipinski definition) is 1. The molecule has 1 saturated carbocycles. The van der Waals surface area contributed by atoms with Crippen LogP contribution in [-0.2, 0) is 4.79 Å². The molecule has 0 spiro atoms. The minimum Gasteiger partial charge on any atom is -0.338 e. The van der Waals surface area contributed by atoms with E-state index in [0.29, 0.717) is 6.04 Å². The fourth-order valence-corrected chi connectivity index (χ4v) is 3.42. The van der Waals surface area contributed by atoms with Gasteiger partial charge in [-0.05, 0) is 37.0 Å². The Morgan fingerprint density at radius 2 is 2.00 bits per heavy atom. The molecule has 1 aliphatic heterocycles. The fraction of sp³-hybridized carbons (Fsp3) is 0.929. The summed E-state index contributed by atoms with van der Waals surface area (Å²) in [6, 6.07) is 0.0205. The molecule has 2 rings (SSSR count). The number of likely N-dealkylation sites (tertiary alicyclic amines) is 1. The third kappa shape index (κ3) is 2.22. The number of amides is 1. The molecule has 2 aliphatic rings. The topological polar surface area (TPSA) is 46.3 Å². The summed E-state index contributed by atoms with van der Waals surface area (Å²) in [6.45, 7) is 9.25. The lowest BCUT2D eigenvalue weighted by Gasteiger charge is -2.33. The Balaban J connectivity index is 2.07. The smallest absolute Gasteiger partial charge is 0.240 e. The largest absolute Gasteiger partial charge is 0.338 e. The summed E-state index contributed by atoms with van der Waals surface area (Å²) in [5, 5.41) is 0. The summed E-state index contributed by atoms with van der Waals surface area (Å²) in [4.78, 5) is 14.5. The van der Waals surface area contributed by atoms with E-state index in [1.54, 1.807) is 0 Å². The van der Waals surface area contributed by atoms with Crippen molar-refractivity contribution in [1.29, 1.82) is 0 Å². The van der Waals surface area contributed by atoms with Crippen LogP contribution < -0.4 is 5.73 Å². The molecule has 0 radical (unpaired) electrons. The van der Waals surface area contributed by atoms with Crippen molar-refractivity contribution < 1.29 is 4.79 Å². The van der Waals surface area contributed by atoms with Gasteiger partial charge in [0, 0.05) is 12.6 Å². The Kier molecular flexibility index (Phi) is 3.23. The molecule has 4 atom stereocenters. The lowest BCUT2D eigenvalue weighted by Crippen LogP contribution is -2.51. The molecule has 98 valence electrons. The first kappa shape index (κ1) is 12.9. The fourth-order valence-electron chi connectivity index (χ4n) is 3.42. The van der Waals surface area contributed by atoms with Crippen LogP contribution in [0.2, 0.25) is 0 Å². The third-order valence-corrected chi connectivity index (χ3v) is 4.74. The van der Waals surface area contributed by atoms with Gasteiger partial charge in [-0.2, -0.15) is 0 Å². The first-order valence-electron chi connectivity index (χ1n) is 6.88. The number of carbonyl (C=O) groups is 1. The van der Waals surface area contributed by atoms with E-state index in [9.17, 15) is 4.79 Å². The summed E-state index contributed by atoms with van der Waals surface area (Å²) < 4.78 is 0. The normalized spacial score (nSPS) is 34.9. The SMILES string of the molecule is C[C@@H]1C2CCCC2CN1C(=O)C(N)C(C)(C)C. The van der Waals surface area contributed by atoms with Gasteiger partial charge in [-0.1, -0.05) is 27.2 Å². The predicted octanol–water partition coefficient (Wildman–Crippen LogP) is 2.01. The molecule has 1 amide bonds. The average molecular weight is 238 g/mol. The van der Waals surface area contributed by atoms with Crippen LogP contribution in [0, 0.1) is 17.3 Å². The van der Waals surface area contributed by atoms with Crippen LogP contribution >= 0.6 is 0 Å². The Morgan fingerprint density at radius 3 is 2.53 bits per heavy atom. The van der Waals surface area contributed by atoms with Gasteiger partial charge in [-0.3, -0.25) is 4.79 Å². The highest BCUT2D eigenvalue weighted by molar-refractivity contribution is 5.83. The predicted molar refractivity (Wildman–Crippen MR) is 69.4 cm³/mol. The van der Waals surface area contributed by atoms with Crippen molar-refractivity contribution in [1.82, 2.24) is 4.90 Å². The summed E-state index contributed by atoms with van der Waals surface area (Å²) in [7, 11) is 0. The van der Waals surface area contributed by atoms with E-state index in [1.165, 1.54) is 19.3 Å². The first-order valence-corrected chi connectivity index (χ1v) is 6.88. The quantitative estimate of drug-likeness (QED) is 0.759. The number of rotatable bonds is 1. The monoisotopic (exact) mass is 238 g/mol. The minimum absolute atomic E-state index is 0.144. The Morgan fingerprint density at radius 1 is 1.35 bits per heavy atom. The minimum atomic E-state index is -0.372. The highest BCUT2D eigenvalue weighted by Gasteiger charge is 2.45. The van der Waals surface area contributed by atoms with Crippen LogP contribution in [0.5, 0.6) is 0 Å². The van der Waals surface area contributed by atoms with Gasteiger partial charge >= 0.3 is 0 Å². The molecular formula is C14H26N2O. The zero-order valence-corrected chi connectivity index (χ0v) is 11.6. The molecule has 1 heterocycles. The summed E-state index contributed by atoms with van der Waals surface area (Å²) in [5.74, 6) is 1.62. The van der Waals surface area contributed by atoms with E-state index in [1.807, 2.05) is 25.7 Å². The van der Waals surface area contributed by atoms with Crippen LogP contribution in [0.4, 0.5) is 0 Å². The maximum Gasteiger partial charge on any atom is 0.240 e. The lowest BCUT2D eigenvalue weighted by atomic mass is 9.86. The lowest BCUT2D eigenvalue weighted by molar-refractivity contribution is -0.136. The number of fused-ring (bicyclic) bond motifs is 1. The standard InChI is InChI=1S/C14H26N2O/c1-9-11-7-5-6-10(11)8-16(9)13(17)12(15)14(2,3)4/h9-12H,5-8,15H2,1-4H3/t9-,10?,11?,12?/m1/s1. The Bertz CT molecular complexity index is 308. The van der Waals surface area contributed by atoms with Crippen molar-refractivity contribution in [2.75, 3.05) is 6.54 Å². The maximum atomic E-state index is 12.4. The molecular weight excluding hydrogens is 212 g/mol. The van der Waals surface area contributed by atoms with Gasteiger partial charge in [-0.25, -0.2) is 0 Å². The van der Waals surface area contributed by atoms with E-state index >= 15 is 0 Å². The average Bonchev–Trinajstić information content (AvgIpc) is 2.78. The van der Waals surface area contributed by atoms with E-state index in [2.05, 4.69) is 6.92 Å². The molecule has 0 aromatic rings. The first-order chi connectivity index (χ1) is 7.82. The van der Waals surface area contributed by atoms with Gasteiger partial charge < -0.3 is 10.6 Å². The van der Waals surface area contributed by atoms with Crippen LogP contribution in [0.3, 0.4) is 0 Å².